The number of alkyl halides is 1. The van der Waals surface area contributed by atoms with Gasteiger partial charge in [-0.25, -0.2) is 0 Å². The Morgan fingerprint density at radius 3 is 2.50 bits per heavy atom. The van der Waals surface area contributed by atoms with Gasteiger partial charge in [-0.2, -0.15) is 0 Å². The van der Waals surface area contributed by atoms with Crippen LogP contribution in [0, 0.1) is 17.3 Å². The van der Waals surface area contributed by atoms with E-state index in [1.54, 1.807) is 0 Å². The molecule has 1 spiro atoms. The highest BCUT2D eigenvalue weighted by atomic mass is 19.1. The highest BCUT2D eigenvalue weighted by Gasteiger charge is 2.52. The van der Waals surface area contributed by atoms with Crippen LogP contribution in [-0.4, -0.2) is 18.2 Å². The Morgan fingerprint density at radius 2 is 1.94 bits per heavy atom. The minimum atomic E-state index is -0.626. The fraction of sp³-hybridized carbons (Fsp3) is 0.846. The van der Waals surface area contributed by atoms with E-state index in [1.165, 1.54) is 0 Å². The Balaban J connectivity index is 2.13. The second-order valence-corrected chi connectivity index (χ2v) is 5.50. The standard InChI is InChI=1S/C13H19FO2/c1-9-2-5-13(6-3-9)8-11(15)10(4-7-14)12(13)16/h9-10H,2-8H2,1H3. The zero-order valence-corrected chi connectivity index (χ0v) is 9.80. The third-order valence-electron chi connectivity index (χ3n) is 4.37. The molecule has 0 bridgehead atoms. The van der Waals surface area contributed by atoms with Gasteiger partial charge in [0, 0.05) is 11.8 Å². The third-order valence-corrected chi connectivity index (χ3v) is 4.37. The summed E-state index contributed by atoms with van der Waals surface area (Å²) >= 11 is 0. The lowest BCUT2D eigenvalue weighted by Gasteiger charge is -2.34. The van der Waals surface area contributed by atoms with Crippen molar-refractivity contribution >= 4 is 11.6 Å². The van der Waals surface area contributed by atoms with E-state index in [0.29, 0.717) is 12.3 Å². The molecule has 0 saturated heterocycles. The fourth-order valence-electron chi connectivity index (χ4n) is 3.20. The van der Waals surface area contributed by atoms with Crippen molar-refractivity contribution in [3.8, 4) is 0 Å². The van der Waals surface area contributed by atoms with E-state index in [0.717, 1.165) is 25.7 Å². The maximum Gasteiger partial charge on any atom is 0.149 e. The van der Waals surface area contributed by atoms with Crippen molar-refractivity contribution in [2.24, 2.45) is 17.3 Å². The summed E-state index contributed by atoms with van der Waals surface area (Å²) in [7, 11) is 0. The quantitative estimate of drug-likeness (QED) is 0.678. The van der Waals surface area contributed by atoms with Gasteiger partial charge in [-0.3, -0.25) is 14.0 Å². The van der Waals surface area contributed by atoms with Crippen molar-refractivity contribution in [3.05, 3.63) is 0 Å². The molecule has 16 heavy (non-hydrogen) atoms. The average molecular weight is 226 g/mol. The molecule has 0 amide bonds. The van der Waals surface area contributed by atoms with Gasteiger partial charge in [0.1, 0.15) is 11.6 Å². The summed E-state index contributed by atoms with van der Waals surface area (Å²) in [6.45, 7) is 1.63. The number of ketones is 2. The van der Waals surface area contributed by atoms with E-state index >= 15 is 0 Å². The fourth-order valence-corrected chi connectivity index (χ4v) is 3.20. The Hall–Kier alpha value is -0.730. The van der Waals surface area contributed by atoms with Gasteiger partial charge in [0.25, 0.3) is 0 Å². The van der Waals surface area contributed by atoms with Gasteiger partial charge >= 0.3 is 0 Å². The zero-order valence-electron chi connectivity index (χ0n) is 9.80. The van der Waals surface area contributed by atoms with Crippen molar-refractivity contribution in [1.29, 1.82) is 0 Å². The van der Waals surface area contributed by atoms with Crippen LogP contribution in [0.1, 0.15) is 45.4 Å². The average Bonchev–Trinajstić information content (AvgIpc) is 2.49. The van der Waals surface area contributed by atoms with Gasteiger partial charge in [0.2, 0.25) is 0 Å². The van der Waals surface area contributed by atoms with E-state index < -0.39 is 18.0 Å². The molecule has 0 aromatic heterocycles. The molecule has 0 aromatic carbocycles. The summed E-state index contributed by atoms with van der Waals surface area (Å²) in [6, 6.07) is 0. The van der Waals surface area contributed by atoms with Crippen molar-refractivity contribution in [2.75, 3.05) is 6.67 Å². The number of hydrogen-bond donors (Lipinski definition) is 0. The van der Waals surface area contributed by atoms with Gasteiger partial charge in [-0.1, -0.05) is 6.92 Å². The first-order chi connectivity index (χ1) is 7.59. The van der Waals surface area contributed by atoms with Crippen LogP contribution in [0.3, 0.4) is 0 Å². The van der Waals surface area contributed by atoms with Crippen LogP contribution in [0.5, 0.6) is 0 Å². The minimum absolute atomic E-state index is 0.0165. The monoisotopic (exact) mass is 226 g/mol. The molecule has 2 saturated carbocycles. The number of hydrogen-bond acceptors (Lipinski definition) is 2. The van der Waals surface area contributed by atoms with Crippen molar-refractivity contribution in [2.45, 2.75) is 45.4 Å². The normalized spacial score (nSPS) is 39.6. The number of halogens is 1. The molecule has 2 aliphatic carbocycles. The van der Waals surface area contributed by atoms with Crippen LogP contribution in [0.25, 0.3) is 0 Å². The molecule has 1 unspecified atom stereocenters. The van der Waals surface area contributed by atoms with Gasteiger partial charge in [-0.15, -0.1) is 0 Å². The zero-order chi connectivity index (χ0) is 11.8. The lowest BCUT2D eigenvalue weighted by Crippen LogP contribution is -2.33. The topological polar surface area (TPSA) is 34.1 Å². The van der Waals surface area contributed by atoms with Gasteiger partial charge in [0.05, 0.1) is 12.6 Å². The number of Topliss-reactive ketones (excluding diaryl/α,β-unsaturated/α-hetero) is 2. The Morgan fingerprint density at radius 1 is 1.31 bits per heavy atom. The number of carbonyl (C=O) groups is 2. The molecule has 1 atom stereocenters. The maximum absolute atomic E-state index is 12.3. The summed E-state index contributed by atoms with van der Waals surface area (Å²) in [5, 5.41) is 0. The summed E-state index contributed by atoms with van der Waals surface area (Å²) in [4.78, 5) is 23.9. The second-order valence-electron chi connectivity index (χ2n) is 5.50. The molecule has 3 heteroatoms. The molecular weight excluding hydrogens is 207 g/mol. The predicted octanol–water partition coefficient (Wildman–Crippen LogP) is 2.70. The lowest BCUT2D eigenvalue weighted by molar-refractivity contribution is -0.132. The van der Waals surface area contributed by atoms with E-state index in [-0.39, 0.29) is 18.0 Å². The lowest BCUT2D eigenvalue weighted by atomic mass is 9.69. The van der Waals surface area contributed by atoms with Crippen LogP contribution in [0.4, 0.5) is 4.39 Å². The minimum Gasteiger partial charge on any atom is -0.299 e. The van der Waals surface area contributed by atoms with Crippen LogP contribution in [0.15, 0.2) is 0 Å². The van der Waals surface area contributed by atoms with Crippen LogP contribution >= 0.6 is 0 Å². The van der Waals surface area contributed by atoms with Gasteiger partial charge in [-0.05, 0) is 38.0 Å². The summed E-state index contributed by atoms with van der Waals surface area (Å²) < 4.78 is 12.3. The van der Waals surface area contributed by atoms with Crippen molar-refractivity contribution in [1.82, 2.24) is 0 Å². The van der Waals surface area contributed by atoms with Crippen LogP contribution in [0.2, 0.25) is 0 Å². The van der Waals surface area contributed by atoms with Crippen molar-refractivity contribution in [3.63, 3.8) is 0 Å². The third kappa shape index (κ3) is 1.80. The highest BCUT2D eigenvalue weighted by molar-refractivity contribution is 6.12. The van der Waals surface area contributed by atoms with E-state index in [9.17, 15) is 14.0 Å². The molecule has 2 nitrogen and oxygen atoms in total. The molecule has 90 valence electrons. The second kappa shape index (κ2) is 4.27. The molecule has 0 radical (unpaired) electrons. The molecule has 0 aromatic rings. The largest absolute Gasteiger partial charge is 0.299 e. The molecule has 2 aliphatic rings. The molecule has 2 rings (SSSR count). The Bertz CT molecular complexity index is 303. The molecule has 0 aliphatic heterocycles. The summed E-state index contributed by atoms with van der Waals surface area (Å²) in [5.74, 6) is 0.0615. The predicted molar refractivity (Wildman–Crippen MR) is 58.8 cm³/mol. The van der Waals surface area contributed by atoms with Gasteiger partial charge in [0.15, 0.2) is 0 Å². The summed E-state index contributed by atoms with van der Waals surface area (Å²) in [6.07, 6.45) is 4.21. The van der Waals surface area contributed by atoms with E-state index in [4.69, 9.17) is 0 Å². The first-order valence-electron chi connectivity index (χ1n) is 6.22. The SMILES string of the molecule is CC1CCC2(CC1)CC(=O)C(CCF)C2=O. The van der Waals surface area contributed by atoms with Crippen LogP contribution in [-0.2, 0) is 9.59 Å². The smallest absolute Gasteiger partial charge is 0.149 e. The molecule has 0 N–H and O–H groups in total. The Kier molecular flexibility index (Phi) is 3.13. The van der Waals surface area contributed by atoms with Crippen molar-refractivity contribution < 1.29 is 14.0 Å². The van der Waals surface area contributed by atoms with E-state index in [2.05, 4.69) is 6.92 Å². The molecule has 0 heterocycles. The Labute approximate surface area is 95.6 Å². The van der Waals surface area contributed by atoms with E-state index in [1.807, 2.05) is 0 Å². The highest BCUT2D eigenvalue weighted by Crippen LogP contribution is 2.49. The first-order valence-corrected chi connectivity index (χ1v) is 6.22. The number of carbonyl (C=O) groups excluding carboxylic acids is 2. The first kappa shape index (κ1) is 11.7. The van der Waals surface area contributed by atoms with Crippen LogP contribution < -0.4 is 0 Å². The number of rotatable bonds is 2. The maximum atomic E-state index is 12.3. The molecule has 2 fully saturated rings. The van der Waals surface area contributed by atoms with Gasteiger partial charge < -0.3 is 0 Å². The molecular formula is C13H19FO2. The summed E-state index contributed by atoms with van der Waals surface area (Å²) in [5.41, 5.74) is -0.399.